The van der Waals surface area contributed by atoms with Crippen LogP contribution in [0.25, 0.3) is 0 Å². The number of benzene rings is 1. The molecule has 0 aliphatic carbocycles. The Hall–Kier alpha value is -1.90. The summed E-state index contributed by atoms with van der Waals surface area (Å²) in [7, 11) is 0. The Kier molecular flexibility index (Phi) is 6.74. The summed E-state index contributed by atoms with van der Waals surface area (Å²) in [5.74, 6) is 0. The van der Waals surface area contributed by atoms with E-state index in [-0.39, 0.29) is 11.7 Å². The molecule has 0 saturated carbocycles. The Bertz CT molecular complexity index is 543. The van der Waals surface area contributed by atoms with Crippen LogP contribution < -0.4 is 16.4 Å². The van der Waals surface area contributed by atoms with E-state index in [1.807, 2.05) is 0 Å². The molecule has 0 aliphatic rings. The van der Waals surface area contributed by atoms with Crippen LogP contribution in [-0.2, 0) is 4.74 Å². The number of amides is 1. The molecular formula is C15H23N3O4S. The average molecular weight is 341 g/mol. The molecule has 2 atom stereocenters. The van der Waals surface area contributed by atoms with Crippen molar-refractivity contribution in [1.82, 2.24) is 5.32 Å². The highest BCUT2D eigenvalue weighted by Gasteiger charge is 2.21. The Morgan fingerprint density at radius 3 is 2.35 bits per heavy atom. The van der Waals surface area contributed by atoms with E-state index in [1.54, 1.807) is 45.0 Å². The van der Waals surface area contributed by atoms with E-state index in [0.29, 0.717) is 11.3 Å². The summed E-state index contributed by atoms with van der Waals surface area (Å²) in [5, 5.41) is 25.4. The molecule has 2 unspecified atom stereocenters. The molecule has 8 heteroatoms. The minimum atomic E-state index is -1.17. The minimum absolute atomic E-state index is 0.136. The van der Waals surface area contributed by atoms with Crippen molar-refractivity contribution < 1.29 is 19.7 Å². The molecule has 0 saturated heterocycles. The summed E-state index contributed by atoms with van der Waals surface area (Å²) in [6.07, 6.45) is -2.97. The molecule has 1 aromatic carbocycles. The van der Waals surface area contributed by atoms with Crippen molar-refractivity contribution in [2.24, 2.45) is 5.73 Å². The van der Waals surface area contributed by atoms with E-state index in [4.69, 9.17) is 22.7 Å². The molecule has 1 rings (SSSR count). The molecule has 7 nitrogen and oxygen atoms in total. The fourth-order valence-electron chi connectivity index (χ4n) is 1.74. The van der Waals surface area contributed by atoms with Crippen LogP contribution >= 0.6 is 12.2 Å². The number of carbonyl (C=O) groups is 1. The zero-order valence-corrected chi connectivity index (χ0v) is 14.2. The lowest BCUT2D eigenvalue weighted by Crippen LogP contribution is -2.38. The maximum absolute atomic E-state index is 11.5. The van der Waals surface area contributed by atoms with Crippen molar-refractivity contribution in [1.29, 1.82) is 0 Å². The second-order valence-corrected chi connectivity index (χ2v) is 6.45. The first-order valence-corrected chi connectivity index (χ1v) is 7.48. The van der Waals surface area contributed by atoms with Crippen LogP contribution in [0.4, 0.5) is 10.5 Å². The predicted molar refractivity (Wildman–Crippen MR) is 92.1 cm³/mol. The van der Waals surface area contributed by atoms with Gasteiger partial charge >= 0.3 is 6.09 Å². The van der Waals surface area contributed by atoms with Crippen LogP contribution in [0.1, 0.15) is 32.4 Å². The molecular weight excluding hydrogens is 318 g/mol. The quantitative estimate of drug-likeness (QED) is 0.512. The lowest BCUT2D eigenvalue weighted by Gasteiger charge is -2.22. The second-order valence-electron chi connectivity index (χ2n) is 6.01. The van der Waals surface area contributed by atoms with E-state index < -0.39 is 23.9 Å². The Balaban J connectivity index is 2.54. The number of anilines is 1. The molecule has 0 spiro atoms. The SMILES string of the molecule is CC(C)(C)OC(=O)NCC(O)C(O)c1ccc(NC(N)=S)cc1. The summed E-state index contributed by atoms with van der Waals surface area (Å²) in [6, 6.07) is 6.60. The smallest absolute Gasteiger partial charge is 0.407 e. The van der Waals surface area contributed by atoms with Crippen molar-refractivity contribution in [3.8, 4) is 0 Å². The standard InChI is InChI=1S/C15H23N3O4S/c1-15(2,3)22-14(21)17-8-11(19)12(20)9-4-6-10(7-5-9)18-13(16)23/h4-7,11-12,19-20H,8H2,1-3H3,(H,17,21)(H3,16,18,23). The van der Waals surface area contributed by atoms with Gasteiger partial charge in [0.15, 0.2) is 5.11 Å². The third-order valence-electron chi connectivity index (χ3n) is 2.74. The van der Waals surface area contributed by atoms with Crippen LogP contribution in [0.3, 0.4) is 0 Å². The Labute approximate surface area is 140 Å². The van der Waals surface area contributed by atoms with Crippen molar-refractivity contribution in [2.75, 3.05) is 11.9 Å². The zero-order valence-electron chi connectivity index (χ0n) is 13.4. The van der Waals surface area contributed by atoms with Crippen molar-refractivity contribution in [2.45, 2.75) is 38.6 Å². The summed E-state index contributed by atoms with van der Waals surface area (Å²) in [6.45, 7) is 5.07. The van der Waals surface area contributed by atoms with Crippen molar-refractivity contribution in [3.63, 3.8) is 0 Å². The lowest BCUT2D eigenvalue weighted by atomic mass is 10.0. The number of ether oxygens (including phenoxy) is 1. The van der Waals surface area contributed by atoms with E-state index in [9.17, 15) is 15.0 Å². The van der Waals surface area contributed by atoms with E-state index in [2.05, 4.69) is 10.6 Å². The molecule has 1 amide bonds. The first kappa shape index (κ1) is 19.1. The molecule has 1 aromatic rings. The maximum atomic E-state index is 11.5. The molecule has 23 heavy (non-hydrogen) atoms. The number of nitrogens with two attached hydrogens (primary N) is 1. The van der Waals surface area contributed by atoms with Gasteiger partial charge in [0.05, 0.1) is 0 Å². The summed E-state index contributed by atoms with van der Waals surface area (Å²) < 4.78 is 5.05. The molecule has 0 aliphatic heterocycles. The topological polar surface area (TPSA) is 117 Å². The van der Waals surface area contributed by atoms with Gasteiger partial charge in [-0.25, -0.2) is 4.79 Å². The number of aliphatic hydroxyl groups excluding tert-OH is 2. The van der Waals surface area contributed by atoms with Crippen LogP contribution in [0, 0.1) is 0 Å². The van der Waals surface area contributed by atoms with Gasteiger partial charge in [-0.2, -0.15) is 0 Å². The third kappa shape index (κ3) is 7.27. The van der Waals surface area contributed by atoms with Gasteiger partial charge in [0, 0.05) is 12.2 Å². The van der Waals surface area contributed by atoms with Gasteiger partial charge in [-0.1, -0.05) is 12.1 Å². The highest BCUT2D eigenvalue weighted by molar-refractivity contribution is 7.80. The Morgan fingerprint density at radius 2 is 1.87 bits per heavy atom. The second kappa shape index (κ2) is 8.09. The predicted octanol–water partition coefficient (Wildman–Crippen LogP) is 1.26. The number of alkyl carbamates (subject to hydrolysis) is 1. The number of thiocarbonyl (C=S) groups is 1. The molecule has 0 heterocycles. The number of rotatable bonds is 5. The van der Waals surface area contributed by atoms with E-state index in [1.165, 1.54) is 0 Å². The highest BCUT2D eigenvalue weighted by atomic mass is 32.1. The molecule has 0 aromatic heterocycles. The first-order chi connectivity index (χ1) is 10.6. The van der Waals surface area contributed by atoms with Crippen molar-refractivity contribution in [3.05, 3.63) is 29.8 Å². The van der Waals surface area contributed by atoms with Crippen LogP contribution in [-0.4, -0.2) is 39.7 Å². The number of carbonyl (C=O) groups excluding carboxylic acids is 1. The normalized spacial score (nSPS) is 13.8. The van der Waals surface area contributed by atoms with E-state index >= 15 is 0 Å². The van der Waals surface area contributed by atoms with Gasteiger partial charge in [0.1, 0.15) is 17.8 Å². The minimum Gasteiger partial charge on any atom is -0.444 e. The number of nitrogens with one attached hydrogen (secondary N) is 2. The molecule has 6 N–H and O–H groups in total. The first-order valence-electron chi connectivity index (χ1n) is 7.08. The van der Waals surface area contributed by atoms with Gasteiger partial charge < -0.3 is 31.3 Å². The van der Waals surface area contributed by atoms with Crippen LogP contribution in [0.15, 0.2) is 24.3 Å². The average Bonchev–Trinajstić information content (AvgIpc) is 2.42. The molecule has 128 valence electrons. The monoisotopic (exact) mass is 341 g/mol. The van der Waals surface area contributed by atoms with Gasteiger partial charge in [-0.3, -0.25) is 0 Å². The largest absolute Gasteiger partial charge is 0.444 e. The van der Waals surface area contributed by atoms with Crippen LogP contribution in [0.2, 0.25) is 0 Å². The molecule has 0 bridgehead atoms. The maximum Gasteiger partial charge on any atom is 0.407 e. The Morgan fingerprint density at radius 1 is 1.30 bits per heavy atom. The summed E-state index contributed by atoms with van der Waals surface area (Å²) in [5.41, 5.74) is 5.91. The number of hydrogen-bond acceptors (Lipinski definition) is 5. The summed E-state index contributed by atoms with van der Waals surface area (Å²) >= 11 is 4.73. The highest BCUT2D eigenvalue weighted by Crippen LogP contribution is 2.19. The third-order valence-corrected chi connectivity index (χ3v) is 2.84. The van der Waals surface area contributed by atoms with Gasteiger partial charge in [0.25, 0.3) is 0 Å². The molecule has 0 radical (unpaired) electrons. The van der Waals surface area contributed by atoms with Gasteiger partial charge in [-0.05, 0) is 50.7 Å². The fraction of sp³-hybridized carbons (Fsp3) is 0.467. The fourth-order valence-corrected chi connectivity index (χ4v) is 1.86. The summed E-state index contributed by atoms with van der Waals surface area (Å²) in [4.78, 5) is 11.5. The van der Waals surface area contributed by atoms with E-state index in [0.717, 1.165) is 0 Å². The van der Waals surface area contributed by atoms with Crippen molar-refractivity contribution >= 4 is 29.1 Å². The van der Waals surface area contributed by atoms with Gasteiger partial charge in [-0.15, -0.1) is 0 Å². The number of hydrogen-bond donors (Lipinski definition) is 5. The van der Waals surface area contributed by atoms with Gasteiger partial charge in [0.2, 0.25) is 0 Å². The molecule has 0 fully saturated rings. The van der Waals surface area contributed by atoms with Crippen LogP contribution in [0.5, 0.6) is 0 Å². The number of aliphatic hydroxyl groups is 2. The zero-order chi connectivity index (χ0) is 17.6. The lowest BCUT2D eigenvalue weighted by molar-refractivity contribution is 0.0129.